The second-order valence-electron chi connectivity index (χ2n) is 5.02. The first-order chi connectivity index (χ1) is 8.86. The van der Waals surface area contributed by atoms with Crippen LogP contribution in [0.4, 0.5) is 4.79 Å². The lowest BCUT2D eigenvalue weighted by Gasteiger charge is -2.17. The van der Waals surface area contributed by atoms with Crippen molar-refractivity contribution in [3.05, 3.63) is 0 Å². The van der Waals surface area contributed by atoms with Gasteiger partial charge < -0.3 is 20.5 Å². The molecule has 19 heavy (non-hydrogen) atoms. The zero-order valence-corrected chi connectivity index (χ0v) is 12.2. The molecule has 3 N–H and O–H groups in total. The molecule has 0 aliphatic carbocycles. The number of amides is 2. The van der Waals surface area contributed by atoms with Crippen LogP contribution in [-0.2, 0) is 9.53 Å². The molecule has 0 saturated heterocycles. The number of aliphatic carboxylic acids is 1. The molecule has 2 unspecified atom stereocenters. The summed E-state index contributed by atoms with van der Waals surface area (Å²) in [5.41, 5.74) is 0. The van der Waals surface area contributed by atoms with E-state index in [1.807, 2.05) is 27.7 Å². The number of carboxylic acids is 1. The standard InChI is InChI=1S/C13H26N2O4/c1-5-19-10(4)7-14-13(18)15-8-11(12(16)17)6-9(2)3/h9-11H,5-8H2,1-4H3,(H,16,17)(H2,14,15,18). The zero-order valence-electron chi connectivity index (χ0n) is 12.2. The smallest absolute Gasteiger partial charge is 0.314 e. The molecule has 0 aliphatic rings. The number of hydrogen-bond donors (Lipinski definition) is 3. The molecule has 0 aromatic heterocycles. The number of urea groups is 1. The third kappa shape index (κ3) is 9.30. The van der Waals surface area contributed by atoms with E-state index in [1.165, 1.54) is 0 Å². The second kappa shape index (κ2) is 9.61. The molecule has 0 aromatic carbocycles. The Hall–Kier alpha value is -1.30. The first-order valence-corrected chi connectivity index (χ1v) is 6.72. The highest BCUT2D eigenvalue weighted by Gasteiger charge is 2.19. The lowest BCUT2D eigenvalue weighted by molar-refractivity contribution is -0.142. The summed E-state index contributed by atoms with van der Waals surface area (Å²) >= 11 is 0. The van der Waals surface area contributed by atoms with E-state index in [1.54, 1.807) is 0 Å². The fourth-order valence-electron chi connectivity index (χ4n) is 1.70. The van der Waals surface area contributed by atoms with E-state index < -0.39 is 11.9 Å². The Morgan fingerprint density at radius 3 is 2.21 bits per heavy atom. The average molecular weight is 274 g/mol. The van der Waals surface area contributed by atoms with Gasteiger partial charge in [-0.2, -0.15) is 0 Å². The van der Waals surface area contributed by atoms with E-state index in [9.17, 15) is 9.59 Å². The minimum Gasteiger partial charge on any atom is -0.481 e. The van der Waals surface area contributed by atoms with E-state index >= 15 is 0 Å². The van der Waals surface area contributed by atoms with Crippen LogP contribution in [0.15, 0.2) is 0 Å². The molecule has 2 atom stereocenters. The molecule has 0 bridgehead atoms. The number of carboxylic acid groups (broad SMARTS) is 1. The summed E-state index contributed by atoms with van der Waals surface area (Å²) in [5.74, 6) is -1.14. The van der Waals surface area contributed by atoms with Crippen molar-refractivity contribution in [2.24, 2.45) is 11.8 Å². The summed E-state index contributed by atoms with van der Waals surface area (Å²) in [6.07, 6.45) is 0.493. The summed E-state index contributed by atoms with van der Waals surface area (Å²) in [7, 11) is 0. The van der Waals surface area contributed by atoms with Crippen molar-refractivity contribution < 1.29 is 19.4 Å². The second-order valence-corrected chi connectivity index (χ2v) is 5.02. The van der Waals surface area contributed by atoms with Crippen molar-refractivity contribution in [3.63, 3.8) is 0 Å². The lowest BCUT2D eigenvalue weighted by atomic mass is 9.97. The highest BCUT2D eigenvalue weighted by Crippen LogP contribution is 2.10. The largest absolute Gasteiger partial charge is 0.481 e. The molecule has 0 saturated carbocycles. The van der Waals surface area contributed by atoms with E-state index in [-0.39, 0.29) is 24.6 Å². The van der Waals surface area contributed by atoms with Crippen LogP contribution in [0.3, 0.4) is 0 Å². The fourth-order valence-corrected chi connectivity index (χ4v) is 1.70. The lowest BCUT2D eigenvalue weighted by Crippen LogP contribution is -2.42. The normalized spacial score (nSPS) is 13.9. The van der Waals surface area contributed by atoms with Crippen LogP contribution in [0.1, 0.15) is 34.1 Å². The average Bonchev–Trinajstić information content (AvgIpc) is 2.31. The quantitative estimate of drug-likeness (QED) is 0.594. The van der Waals surface area contributed by atoms with Crippen LogP contribution in [0.2, 0.25) is 0 Å². The van der Waals surface area contributed by atoms with Crippen LogP contribution in [0.25, 0.3) is 0 Å². The molecular weight excluding hydrogens is 248 g/mol. The van der Waals surface area contributed by atoms with Gasteiger partial charge in [0.15, 0.2) is 0 Å². The Morgan fingerprint density at radius 2 is 1.74 bits per heavy atom. The van der Waals surface area contributed by atoms with Gasteiger partial charge in [-0.1, -0.05) is 13.8 Å². The monoisotopic (exact) mass is 274 g/mol. The Balaban J connectivity index is 3.95. The molecule has 112 valence electrons. The predicted octanol–water partition coefficient (Wildman–Crippen LogP) is 1.46. The van der Waals surface area contributed by atoms with E-state index in [2.05, 4.69) is 10.6 Å². The van der Waals surface area contributed by atoms with Gasteiger partial charge in [0.1, 0.15) is 0 Å². The van der Waals surface area contributed by atoms with Gasteiger partial charge in [-0.3, -0.25) is 4.79 Å². The third-order valence-electron chi connectivity index (χ3n) is 2.62. The van der Waals surface area contributed by atoms with Gasteiger partial charge in [-0.25, -0.2) is 4.79 Å². The summed E-state index contributed by atoms with van der Waals surface area (Å²) < 4.78 is 5.27. The van der Waals surface area contributed by atoms with Gasteiger partial charge in [0, 0.05) is 19.7 Å². The van der Waals surface area contributed by atoms with Crippen molar-refractivity contribution >= 4 is 12.0 Å². The highest BCUT2D eigenvalue weighted by atomic mass is 16.5. The number of hydrogen-bond acceptors (Lipinski definition) is 3. The molecule has 0 aliphatic heterocycles. The summed E-state index contributed by atoms with van der Waals surface area (Å²) in [5, 5.41) is 14.3. The molecule has 6 nitrogen and oxygen atoms in total. The Kier molecular flexibility index (Phi) is 8.95. The van der Waals surface area contributed by atoms with Crippen LogP contribution in [0.5, 0.6) is 0 Å². The molecule has 0 rings (SSSR count). The number of rotatable bonds is 9. The molecule has 0 radical (unpaired) electrons. The number of ether oxygens (including phenoxy) is 1. The molecule has 6 heteroatoms. The molecule has 0 spiro atoms. The zero-order chi connectivity index (χ0) is 14.8. The van der Waals surface area contributed by atoms with Crippen molar-refractivity contribution in [2.45, 2.75) is 40.2 Å². The summed E-state index contributed by atoms with van der Waals surface area (Å²) in [6, 6.07) is -0.360. The molecule has 0 heterocycles. The van der Waals surface area contributed by atoms with Gasteiger partial charge >= 0.3 is 12.0 Å². The Labute approximate surface area is 114 Å². The first-order valence-electron chi connectivity index (χ1n) is 6.72. The van der Waals surface area contributed by atoms with E-state index in [0.717, 1.165) is 0 Å². The molecule has 0 aromatic rings. The summed E-state index contributed by atoms with van der Waals surface area (Å²) in [6.45, 7) is 8.81. The summed E-state index contributed by atoms with van der Waals surface area (Å²) in [4.78, 5) is 22.5. The van der Waals surface area contributed by atoms with E-state index in [0.29, 0.717) is 19.6 Å². The minimum absolute atomic E-state index is 0.0540. The number of nitrogens with one attached hydrogen (secondary N) is 2. The van der Waals surface area contributed by atoms with Crippen LogP contribution >= 0.6 is 0 Å². The maximum absolute atomic E-state index is 11.5. The molecular formula is C13H26N2O4. The van der Waals surface area contributed by atoms with E-state index in [4.69, 9.17) is 9.84 Å². The SMILES string of the molecule is CCOC(C)CNC(=O)NCC(CC(C)C)C(=O)O. The van der Waals surface area contributed by atoms with Crippen molar-refractivity contribution in [1.29, 1.82) is 0 Å². The first kappa shape index (κ1) is 17.7. The number of carbonyl (C=O) groups excluding carboxylic acids is 1. The van der Waals surface area contributed by atoms with Crippen molar-refractivity contribution in [1.82, 2.24) is 10.6 Å². The van der Waals surface area contributed by atoms with Crippen molar-refractivity contribution in [2.75, 3.05) is 19.7 Å². The predicted molar refractivity (Wildman–Crippen MR) is 73.1 cm³/mol. The van der Waals surface area contributed by atoms with Crippen LogP contribution in [-0.4, -0.2) is 42.9 Å². The highest BCUT2D eigenvalue weighted by molar-refractivity contribution is 5.75. The third-order valence-corrected chi connectivity index (χ3v) is 2.62. The van der Waals surface area contributed by atoms with Gasteiger partial charge in [0.2, 0.25) is 0 Å². The van der Waals surface area contributed by atoms with Gasteiger partial charge in [-0.05, 0) is 26.2 Å². The maximum atomic E-state index is 11.5. The van der Waals surface area contributed by atoms with Crippen LogP contribution < -0.4 is 10.6 Å². The van der Waals surface area contributed by atoms with Crippen molar-refractivity contribution in [3.8, 4) is 0 Å². The van der Waals surface area contributed by atoms with Crippen LogP contribution in [0, 0.1) is 11.8 Å². The molecule has 0 fully saturated rings. The maximum Gasteiger partial charge on any atom is 0.314 e. The topological polar surface area (TPSA) is 87.7 Å². The fraction of sp³-hybridized carbons (Fsp3) is 0.846. The Bertz CT molecular complexity index is 282. The van der Waals surface area contributed by atoms with Gasteiger partial charge in [-0.15, -0.1) is 0 Å². The molecule has 2 amide bonds. The number of carbonyl (C=O) groups is 2. The Morgan fingerprint density at radius 1 is 1.16 bits per heavy atom. The van der Waals surface area contributed by atoms with Gasteiger partial charge in [0.25, 0.3) is 0 Å². The minimum atomic E-state index is -0.878. The van der Waals surface area contributed by atoms with Gasteiger partial charge in [0.05, 0.1) is 12.0 Å².